The van der Waals surface area contributed by atoms with E-state index in [0.29, 0.717) is 24.3 Å². The third-order valence-corrected chi connectivity index (χ3v) is 6.94. The molecule has 2 aliphatic rings. The number of halogens is 1. The molecule has 6 nitrogen and oxygen atoms in total. The Hall–Kier alpha value is -3.13. The second-order valence-corrected chi connectivity index (χ2v) is 9.80. The molecule has 0 radical (unpaired) electrons. The number of rotatable bonds is 4. The van der Waals surface area contributed by atoms with Crippen LogP contribution in [-0.2, 0) is 15.0 Å². The van der Waals surface area contributed by atoms with E-state index in [0.717, 1.165) is 28.6 Å². The largest absolute Gasteiger partial charge is 0.496 e. The minimum absolute atomic E-state index is 0.0321. The second kappa shape index (κ2) is 8.33. The van der Waals surface area contributed by atoms with Crippen LogP contribution in [0.1, 0.15) is 43.9 Å². The first-order chi connectivity index (χ1) is 15.6. The molecule has 0 unspecified atom stereocenters. The molecule has 2 aromatic rings. The van der Waals surface area contributed by atoms with E-state index in [9.17, 15) is 14.4 Å². The van der Waals surface area contributed by atoms with Gasteiger partial charge in [-0.15, -0.1) is 0 Å². The van der Waals surface area contributed by atoms with Crippen LogP contribution < -0.4 is 15.0 Å². The van der Waals surface area contributed by atoms with Gasteiger partial charge in [0.2, 0.25) is 5.91 Å². The lowest BCUT2D eigenvalue weighted by molar-refractivity contribution is -0.120. The molecule has 4 rings (SSSR count). The minimum Gasteiger partial charge on any atom is -0.496 e. The summed E-state index contributed by atoms with van der Waals surface area (Å²) in [5.74, 6) is -0.750. The number of carbonyl (C=O) groups is 3. The number of nitrogens with one attached hydrogen (secondary N) is 1. The molecule has 33 heavy (non-hydrogen) atoms. The minimum atomic E-state index is -0.568. The molecular weight excluding hydrogens is 443 g/mol. The van der Waals surface area contributed by atoms with Crippen molar-refractivity contribution in [3.05, 3.63) is 51.7 Å². The quantitative estimate of drug-likeness (QED) is 0.627. The van der Waals surface area contributed by atoms with E-state index in [1.165, 1.54) is 19.3 Å². The zero-order valence-electron chi connectivity index (χ0n) is 19.2. The number of amides is 3. The van der Waals surface area contributed by atoms with Crippen LogP contribution in [0, 0.1) is 12.7 Å². The van der Waals surface area contributed by atoms with E-state index in [1.807, 2.05) is 39.8 Å². The van der Waals surface area contributed by atoms with Crippen LogP contribution in [0.3, 0.4) is 0 Å². The Bertz CT molecular complexity index is 1240. The summed E-state index contributed by atoms with van der Waals surface area (Å²) in [5, 5.41) is 1.69. The Morgan fingerprint density at radius 2 is 1.97 bits per heavy atom. The number of imide groups is 1. The van der Waals surface area contributed by atoms with Gasteiger partial charge in [-0.2, -0.15) is 0 Å². The molecule has 0 bridgehead atoms. The fourth-order valence-corrected chi connectivity index (χ4v) is 5.12. The van der Waals surface area contributed by atoms with Crippen molar-refractivity contribution in [2.75, 3.05) is 18.6 Å². The van der Waals surface area contributed by atoms with E-state index in [4.69, 9.17) is 4.74 Å². The van der Waals surface area contributed by atoms with Crippen molar-refractivity contribution >= 4 is 40.6 Å². The van der Waals surface area contributed by atoms with Gasteiger partial charge in [0.15, 0.2) is 0 Å². The number of carbonyl (C=O) groups excluding carboxylic acids is 3. The highest BCUT2D eigenvalue weighted by Gasteiger charge is 2.37. The SMILES string of the molecule is CCN1C(=O)CC(C)(C)c2cc(C)c(-c3c(OC)ccc(/C=C4\SC(=O)NC4=O)c3F)cc21. The molecule has 0 saturated carbocycles. The van der Waals surface area contributed by atoms with Gasteiger partial charge in [-0.3, -0.25) is 19.7 Å². The molecule has 2 aliphatic heterocycles. The normalized spacial score (nSPS) is 18.5. The molecule has 0 spiro atoms. The van der Waals surface area contributed by atoms with Crippen LogP contribution in [0.15, 0.2) is 29.2 Å². The van der Waals surface area contributed by atoms with Crippen molar-refractivity contribution in [2.24, 2.45) is 0 Å². The number of hydrogen-bond acceptors (Lipinski definition) is 5. The highest BCUT2D eigenvalue weighted by Crippen LogP contribution is 2.46. The maximum absolute atomic E-state index is 15.9. The van der Waals surface area contributed by atoms with E-state index < -0.39 is 17.0 Å². The van der Waals surface area contributed by atoms with Crippen LogP contribution in [0.5, 0.6) is 5.75 Å². The Kier molecular flexibility index (Phi) is 5.82. The maximum atomic E-state index is 15.9. The molecule has 0 aliphatic carbocycles. The Balaban J connectivity index is 1.93. The van der Waals surface area contributed by atoms with Crippen LogP contribution in [0.25, 0.3) is 17.2 Å². The number of thioether (sulfide) groups is 1. The topological polar surface area (TPSA) is 75.7 Å². The van der Waals surface area contributed by atoms with Gasteiger partial charge in [-0.25, -0.2) is 4.39 Å². The predicted octanol–water partition coefficient (Wildman–Crippen LogP) is 5.17. The van der Waals surface area contributed by atoms with Gasteiger partial charge in [0, 0.05) is 29.6 Å². The fourth-order valence-electron chi connectivity index (χ4n) is 4.45. The summed E-state index contributed by atoms with van der Waals surface area (Å²) in [5.41, 5.74) is 3.33. The van der Waals surface area contributed by atoms with Crippen molar-refractivity contribution in [3.63, 3.8) is 0 Å². The first-order valence-corrected chi connectivity index (χ1v) is 11.5. The van der Waals surface area contributed by atoms with Crippen LogP contribution in [-0.4, -0.2) is 30.7 Å². The van der Waals surface area contributed by atoms with Crippen molar-refractivity contribution in [1.29, 1.82) is 0 Å². The molecule has 1 saturated heterocycles. The highest BCUT2D eigenvalue weighted by atomic mass is 32.2. The van der Waals surface area contributed by atoms with Gasteiger partial charge in [0.1, 0.15) is 11.6 Å². The third kappa shape index (κ3) is 3.93. The first-order valence-electron chi connectivity index (χ1n) is 10.6. The monoisotopic (exact) mass is 468 g/mol. The summed E-state index contributed by atoms with van der Waals surface area (Å²) >= 11 is 0.733. The van der Waals surface area contributed by atoms with Gasteiger partial charge in [-0.1, -0.05) is 19.9 Å². The number of aryl methyl sites for hydroxylation is 1. The molecular formula is C25H25FN2O4S. The fraction of sp³-hybridized carbons (Fsp3) is 0.320. The van der Waals surface area contributed by atoms with Gasteiger partial charge in [0.05, 0.1) is 17.6 Å². The number of hydrogen-bond donors (Lipinski definition) is 1. The molecule has 2 aromatic carbocycles. The van der Waals surface area contributed by atoms with Gasteiger partial charge in [-0.05, 0) is 66.6 Å². The van der Waals surface area contributed by atoms with Gasteiger partial charge >= 0.3 is 0 Å². The second-order valence-electron chi connectivity index (χ2n) is 8.78. The molecule has 8 heteroatoms. The standard InChI is InChI=1S/C25H25FN2O4S/c1-6-28-17-11-15(13(2)9-16(17)25(3,4)12-20(28)29)21-18(32-5)8-7-14(22(21)26)10-19-23(30)27-24(31)33-19/h7-11H,6,12H2,1-5H3,(H,27,30,31)/b19-10-. The summed E-state index contributed by atoms with van der Waals surface area (Å²) < 4.78 is 21.4. The number of benzene rings is 2. The zero-order valence-corrected chi connectivity index (χ0v) is 20.0. The van der Waals surface area contributed by atoms with E-state index >= 15 is 4.39 Å². The number of methoxy groups -OCH3 is 1. The number of ether oxygens (including phenoxy) is 1. The first kappa shape index (κ1) is 23.0. The summed E-state index contributed by atoms with van der Waals surface area (Å²) in [4.78, 5) is 38.1. The predicted molar refractivity (Wildman–Crippen MR) is 128 cm³/mol. The Labute approximate surface area is 196 Å². The van der Waals surface area contributed by atoms with Gasteiger partial charge < -0.3 is 9.64 Å². The van der Waals surface area contributed by atoms with Crippen molar-refractivity contribution in [3.8, 4) is 16.9 Å². The molecule has 1 N–H and O–H groups in total. The van der Waals surface area contributed by atoms with E-state index in [1.54, 1.807) is 11.0 Å². The van der Waals surface area contributed by atoms with Crippen molar-refractivity contribution < 1.29 is 23.5 Å². The Morgan fingerprint density at radius 3 is 2.58 bits per heavy atom. The van der Waals surface area contributed by atoms with Gasteiger partial charge in [0.25, 0.3) is 11.1 Å². The maximum Gasteiger partial charge on any atom is 0.290 e. The zero-order chi connectivity index (χ0) is 24.1. The Morgan fingerprint density at radius 1 is 1.24 bits per heavy atom. The van der Waals surface area contributed by atoms with Crippen molar-refractivity contribution in [1.82, 2.24) is 5.32 Å². The lowest BCUT2D eigenvalue weighted by atomic mass is 9.75. The molecule has 3 amide bonds. The summed E-state index contributed by atoms with van der Waals surface area (Å²) in [6, 6.07) is 7.02. The van der Waals surface area contributed by atoms with Crippen LogP contribution in [0.2, 0.25) is 0 Å². The summed E-state index contributed by atoms with van der Waals surface area (Å²) in [6.45, 7) is 8.40. The highest BCUT2D eigenvalue weighted by molar-refractivity contribution is 8.18. The average molecular weight is 469 g/mol. The number of anilines is 1. The van der Waals surface area contributed by atoms with E-state index in [2.05, 4.69) is 5.32 Å². The lowest BCUT2D eigenvalue weighted by Gasteiger charge is -2.39. The van der Waals surface area contributed by atoms with E-state index in [-0.39, 0.29) is 27.4 Å². The summed E-state index contributed by atoms with van der Waals surface area (Å²) in [6.07, 6.45) is 1.77. The third-order valence-electron chi connectivity index (χ3n) is 6.12. The number of fused-ring (bicyclic) bond motifs is 1. The average Bonchev–Trinajstić information content (AvgIpc) is 3.06. The van der Waals surface area contributed by atoms with Crippen molar-refractivity contribution in [2.45, 2.75) is 39.5 Å². The molecule has 0 atom stereocenters. The molecule has 172 valence electrons. The van der Waals surface area contributed by atoms with Crippen LogP contribution >= 0.6 is 11.8 Å². The summed E-state index contributed by atoms with van der Waals surface area (Å²) in [7, 11) is 1.47. The smallest absolute Gasteiger partial charge is 0.290 e. The van der Waals surface area contributed by atoms with Crippen LogP contribution in [0.4, 0.5) is 14.9 Å². The molecule has 0 aromatic heterocycles. The lowest BCUT2D eigenvalue weighted by Crippen LogP contribution is -2.41. The molecule has 1 fully saturated rings. The molecule has 2 heterocycles. The number of nitrogens with zero attached hydrogens (tertiary/aromatic N) is 1.